The van der Waals surface area contributed by atoms with E-state index in [1.807, 2.05) is 0 Å². The number of hydrazine groups is 1. The number of nitrogens with zero attached hydrogens (tertiary/aromatic N) is 1. The Balaban J connectivity index is 2.68. The zero-order chi connectivity index (χ0) is 16.7. The molecule has 0 aliphatic carbocycles. The van der Waals surface area contributed by atoms with Gasteiger partial charge in [0.15, 0.2) is 0 Å². The van der Waals surface area contributed by atoms with Crippen molar-refractivity contribution in [1.82, 2.24) is 10.4 Å². The van der Waals surface area contributed by atoms with Crippen molar-refractivity contribution in [1.29, 1.82) is 0 Å². The van der Waals surface area contributed by atoms with Crippen LogP contribution in [0.4, 0.5) is 18.9 Å². The summed E-state index contributed by atoms with van der Waals surface area (Å²) in [6.07, 6.45) is -2.95. The highest BCUT2D eigenvalue weighted by Gasteiger charge is 2.37. The van der Waals surface area contributed by atoms with Crippen LogP contribution in [0.1, 0.15) is 28.4 Å². The van der Waals surface area contributed by atoms with E-state index in [2.05, 4.69) is 10.2 Å². The molecule has 0 saturated carbocycles. The van der Waals surface area contributed by atoms with Gasteiger partial charge >= 0.3 is 12.1 Å². The minimum absolute atomic E-state index is 0.0978. The van der Waals surface area contributed by atoms with E-state index in [1.165, 1.54) is 5.01 Å². The van der Waals surface area contributed by atoms with Crippen molar-refractivity contribution in [2.75, 3.05) is 19.9 Å². The number of nitrogen functional groups attached to an aromatic ring is 1. The quantitative estimate of drug-likeness (QED) is 0.647. The fourth-order valence-electron chi connectivity index (χ4n) is 2.38. The molecule has 0 amide bonds. The SMILES string of the molecule is COC(=O)c1cc(C2=CC(C)NN2C)c(C(F)(F)F)cc1N. The Labute approximate surface area is 125 Å². The van der Waals surface area contributed by atoms with Gasteiger partial charge in [-0.15, -0.1) is 0 Å². The molecule has 1 atom stereocenters. The fourth-order valence-corrected chi connectivity index (χ4v) is 2.38. The number of rotatable bonds is 2. The Morgan fingerprint density at radius 1 is 1.41 bits per heavy atom. The molecule has 120 valence electrons. The zero-order valence-electron chi connectivity index (χ0n) is 12.3. The average molecular weight is 315 g/mol. The van der Waals surface area contributed by atoms with Crippen molar-refractivity contribution >= 4 is 17.4 Å². The molecule has 8 heteroatoms. The summed E-state index contributed by atoms with van der Waals surface area (Å²) in [7, 11) is 2.74. The van der Waals surface area contributed by atoms with E-state index >= 15 is 0 Å². The molecule has 1 heterocycles. The van der Waals surface area contributed by atoms with Crippen molar-refractivity contribution in [2.45, 2.75) is 19.1 Å². The van der Waals surface area contributed by atoms with Crippen LogP contribution >= 0.6 is 0 Å². The van der Waals surface area contributed by atoms with Crippen LogP contribution in [0, 0.1) is 0 Å². The van der Waals surface area contributed by atoms with Gasteiger partial charge in [-0.05, 0) is 25.1 Å². The monoisotopic (exact) mass is 315 g/mol. The predicted octanol–water partition coefficient (Wildman–Crippen LogP) is 2.25. The van der Waals surface area contributed by atoms with Crippen LogP contribution in [0.25, 0.3) is 5.70 Å². The second-order valence-corrected chi connectivity index (χ2v) is 5.00. The highest BCUT2D eigenvalue weighted by atomic mass is 19.4. The van der Waals surface area contributed by atoms with Crippen molar-refractivity contribution in [3.8, 4) is 0 Å². The molecule has 0 spiro atoms. The number of nitrogens with one attached hydrogen (secondary N) is 1. The first-order chi connectivity index (χ1) is 10.1. The smallest absolute Gasteiger partial charge is 0.417 e. The first kappa shape index (κ1) is 16.2. The Morgan fingerprint density at radius 2 is 2.05 bits per heavy atom. The molecule has 3 N–H and O–H groups in total. The van der Waals surface area contributed by atoms with E-state index in [-0.39, 0.29) is 22.9 Å². The number of ether oxygens (including phenoxy) is 1. The molecule has 0 saturated heterocycles. The first-order valence-corrected chi connectivity index (χ1v) is 6.46. The second kappa shape index (κ2) is 5.53. The number of benzene rings is 1. The maximum atomic E-state index is 13.3. The van der Waals surface area contributed by atoms with Crippen LogP contribution in [0.15, 0.2) is 18.2 Å². The molecule has 1 aromatic rings. The van der Waals surface area contributed by atoms with Crippen LogP contribution in [0.3, 0.4) is 0 Å². The molecule has 5 nitrogen and oxygen atoms in total. The number of esters is 1. The second-order valence-electron chi connectivity index (χ2n) is 5.00. The highest BCUT2D eigenvalue weighted by molar-refractivity contribution is 5.96. The lowest BCUT2D eigenvalue weighted by atomic mass is 9.98. The van der Waals surface area contributed by atoms with Crippen molar-refractivity contribution in [2.24, 2.45) is 0 Å². The van der Waals surface area contributed by atoms with Gasteiger partial charge in [0, 0.05) is 24.3 Å². The number of alkyl halides is 3. The van der Waals surface area contributed by atoms with Gasteiger partial charge in [-0.25, -0.2) is 10.2 Å². The molecule has 0 radical (unpaired) electrons. The lowest BCUT2D eigenvalue weighted by molar-refractivity contribution is -0.137. The lowest BCUT2D eigenvalue weighted by Gasteiger charge is -2.22. The Morgan fingerprint density at radius 3 is 2.50 bits per heavy atom. The number of hydrogen-bond donors (Lipinski definition) is 2. The normalized spacial score (nSPS) is 18.4. The zero-order valence-corrected chi connectivity index (χ0v) is 12.3. The van der Waals surface area contributed by atoms with E-state index in [9.17, 15) is 18.0 Å². The Bertz CT molecular complexity index is 641. The van der Waals surface area contributed by atoms with Crippen molar-refractivity contribution in [3.63, 3.8) is 0 Å². The summed E-state index contributed by atoms with van der Waals surface area (Å²) in [5, 5.41) is 1.48. The minimum Gasteiger partial charge on any atom is -0.465 e. The topological polar surface area (TPSA) is 67.6 Å². The summed E-state index contributed by atoms with van der Waals surface area (Å²) < 4.78 is 44.4. The van der Waals surface area contributed by atoms with Gasteiger partial charge in [0.2, 0.25) is 0 Å². The molecule has 1 aromatic carbocycles. The maximum absolute atomic E-state index is 13.3. The molecule has 1 aliphatic rings. The van der Waals surface area contributed by atoms with E-state index < -0.39 is 17.7 Å². The van der Waals surface area contributed by atoms with Gasteiger partial charge in [-0.1, -0.05) is 0 Å². The van der Waals surface area contributed by atoms with Crippen LogP contribution in [-0.2, 0) is 10.9 Å². The third kappa shape index (κ3) is 2.87. The molecule has 0 aromatic heterocycles. The number of halogens is 3. The lowest BCUT2D eigenvalue weighted by Crippen LogP contribution is -2.32. The molecule has 1 aliphatic heterocycles. The molecule has 22 heavy (non-hydrogen) atoms. The van der Waals surface area contributed by atoms with Crippen molar-refractivity contribution in [3.05, 3.63) is 34.9 Å². The summed E-state index contributed by atoms with van der Waals surface area (Å²) in [6, 6.07) is 1.76. The van der Waals surface area contributed by atoms with Crippen molar-refractivity contribution < 1.29 is 22.7 Å². The van der Waals surface area contributed by atoms with Gasteiger partial charge in [0.25, 0.3) is 0 Å². The summed E-state index contributed by atoms with van der Waals surface area (Å²) >= 11 is 0. The first-order valence-electron chi connectivity index (χ1n) is 6.46. The molecule has 1 unspecified atom stereocenters. The number of anilines is 1. The van der Waals surface area contributed by atoms with E-state index in [1.54, 1.807) is 20.0 Å². The van der Waals surface area contributed by atoms with E-state index in [0.717, 1.165) is 19.2 Å². The average Bonchev–Trinajstić information content (AvgIpc) is 2.75. The van der Waals surface area contributed by atoms with E-state index in [0.29, 0.717) is 5.70 Å². The maximum Gasteiger partial charge on any atom is 0.417 e. The highest BCUT2D eigenvalue weighted by Crippen LogP contribution is 2.39. The van der Waals surface area contributed by atoms with Gasteiger partial charge in [-0.3, -0.25) is 0 Å². The van der Waals surface area contributed by atoms with E-state index in [4.69, 9.17) is 5.73 Å². The number of nitrogens with two attached hydrogens (primary N) is 1. The molecule has 0 fully saturated rings. The standard InChI is InChI=1S/C14H16F3N3O2/c1-7-4-12(20(2)19-7)8-5-9(13(21)22-3)11(18)6-10(8)14(15,16)17/h4-7,19H,18H2,1-3H3. The van der Waals surface area contributed by atoms with Crippen LogP contribution < -0.4 is 11.2 Å². The Kier molecular flexibility index (Phi) is 4.06. The third-order valence-corrected chi connectivity index (χ3v) is 3.34. The number of carbonyl (C=O) groups is 1. The third-order valence-electron chi connectivity index (χ3n) is 3.34. The minimum atomic E-state index is -4.59. The van der Waals surface area contributed by atoms with Gasteiger partial charge in [-0.2, -0.15) is 13.2 Å². The van der Waals surface area contributed by atoms with Crippen LogP contribution in [-0.4, -0.2) is 31.2 Å². The summed E-state index contributed by atoms with van der Waals surface area (Å²) in [5.74, 6) is -0.783. The number of carbonyl (C=O) groups excluding carboxylic acids is 1. The van der Waals surface area contributed by atoms with Crippen LogP contribution in [0.5, 0.6) is 0 Å². The Hall–Kier alpha value is -2.22. The summed E-state index contributed by atoms with van der Waals surface area (Å²) in [4.78, 5) is 11.7. The molecular formula is C14H16F3N3O2. The number of hydrogen-bond acceptors (Lipinski definition) is 5. The van der Waals surface area contributed by atoms with Gasteiger partial charge in [0.05, 0.1) is 23.9 Å². The largest absolute Gasteiger partial charge is 0.465 e. The molecule has 0 bridgehead atoms. The molecule has 2 rings (SSSR count). The van der Waals surface area contributed by atoms with Gasteiger partial charge in [0.1, 0.15) is 0 Å². The molecular weight excluding hydrogens is 299 g/mol. The fraction of sp³-hybridized carbons (Fsp3) is 0.357. The number of methoxy groups -OCH3 is 1. The predicted molar refractivity (Wildman–Crippen MR) is 75.5 cm³/mol. The summed E-state index contributed by atoms with van der Waals surface area (Å²) in [6.45, 7) is 1.80. The van der Waals surface area contributed by atoms with Gasteiger partial charge < -0.3 is 15.5 Å². The van der Waals surface area contributed by atoms with Crippen LogP contribution in [0.2, 0.25) is 0 Å². The summed E-state index contributed by atoms with van der Waals surface area (Å²) in [5.41, 5.74) is 7.45.